The highest BCUT2D eigenvalue weighted by molar-refractivity contribution is 5.76. The number of hydrogen-bond acceptors (Lipinski definition) is 8. The average Bonchev–Trinajstić information content (AvgIpc) is 3.23. The van der Waals surface area contributed by atoms with Crippen LogP contribution >= 0.6 is 0 Å². The van der Waals surface area contributed by atoms with Crippen molar-refractivity contribution < 1.29 is 9.47 Å². The van der Waals surface area contributed by atoms with Gasteiger partial charge in [-0.2, -0.15) is 10.4 Å². The van der Waals surface area contributed by atoms with Crippen LogP contribution in [-0.4, -0.2) is 38.4 Å². The molecule has 1 saturated carbocycles. The molecule has 32 heavy (non-hydrogen) atoms. The predicted octanol–water partition coefficient (Wildman–Crippen LogP) is 3.92. The Kier molecular flexibility index (Phi) is 6.52. The lowest BCUT2D eigenvalue weighted by Crippen LogP contribution is -2.31. The molecule has 0 bridgehead atoms. The number of benzene rings is 1. The Morgan fingerprint density at radius 1 is 1.12 bits per heavy atom. The fraction of sp³-hybridized carbons (Fsp3) is 0.391. The van der Waals surface area contributed by atoms with Crippen molar-refractivity contribution in [2.24, 2.45) is 5.73 Å². The van der Waals surface area contributed by atoms with E-state index in [9.17, 15) is 0 Å². The minimum absolute atomic E-state index is 0.00567. The zero-order valence-corrected chi connectivity index (χ0v) is 18.2. The molecule has 2 aromatic heterocycles. The van der Waals surface area contributed by atoms with Crippen molar-refractivity contribution in [2.75, 3.05) is 5.32 Å². The van der Waals surface area contributed by atoms with Crippen LogP contribution in [0.25, 0.3) is 11.3 Å². The van der Waals surface area contributed by atoms with E-state index < -0.39 is 0 Å². The van der Waals surface area contributed by atoms with Crippen LogP contribution in [0.3, 0.4) is 0 Å². The molecule has 0 aliphatic heterocycles. The van der Waals surface area contributed by atoms with Gasteiger partial charge in [-0.15, -0.1) is 0 Å². The number of ether oxygens (including phenoxy) is 2. The Balaban J connectivity index is 1.61. The van der Waals surface area contributed by atoms with Gasteiger partial charge >= 0.3 is 0 Å². The van der Waals surface area contributed by atoms with Gasteiger partial charge in [-0.25, -0.2) is 9.97 Å². The van der Waals surface area contributed by atoms with Crippen LogP contribution in [0, 0.1) is 11.3 Å². The number of rotatable bonds is 7. The van der Waals surface area contributed by atoms with Gasteiger partial charge in [0.1, 0.15) is 23.4 Å². The van der Waals surface area contributed by atoms with Gasteiger partial charge in [0.15, 0.2) is 11.5 Å². The molecule has 0 spiro atoms. The Hall–Kier alpha value is -3.64. The number of nitriles is 1. The van der Waals surface area contributed by atoms with Gasteiger partial charge in [0.05, 0.1) is 35.9 Å². The molecule has 2 heterocycles. The van der Waals surface area contributed by atoms with E-state index in [2.05, 4.69) is 25.5 Å². The lowest BCUT2D eigenvalue weighted by atomic mass is 9.93. The molecule has 3 aromatic rings. The third-order valence-electron chi connectivity index (χ3n) is 5.23. The van der Waals surface area contributed by atoms with Crippen LogP contribution in [0.2, 0.25) is 0 Å². The third-order valence-corrected chi connectivity index (χ3v) is 5.23. The number of nitrogens with zero attached hydrogens (tertiary/aromatic N) is 4. The summed E-state index contributed by atoms with van der Waals surface area (Å²) in [6.07, 6.45) is 6.82. The first-order valence-electron chi connectivity index (χ1n) is 10.8. The molecule has 1 fully saturated rings. The van der Waals surface area contributed by atoms with Crippen LogP contribution in [-0.2, 0) is 0 Å². The van der Waals surface area contributed by atoms with Crippen LogP contribution in [0.1, 0.15) is 45.2 Å². The number of anilines is 2. The summed E-state index contributed by atoms with van der Waals surface area (Å²) in [4.78, 5) is 8.19. The Bertz CT molecular complexity index is 1080. The summed E-state index contributed by atoms with van der Waals surface area (Å²) in [6, 6.07) is 9.90. The van der Waals surface area contributed by atoms with Crippen molar-refractivity contribution >= 4 is 11.6 Å². The van der Waals surface area contributed by atoms with Crippen LogP contribution in [0.5, 0.6) is 11.5 Å². The SMILES string of the molecule is CC(C)Oc1cccc(OC2CCC(N)CC2)c1-c1cc(Nc2cnc(C#N)cn2)n[nH]1. The number of aromatic amines is 1. The second-order valence-corrected chi connectivity index (χ2v) is 8.14. The molecule has 1 aromatic carbocycles. The first kappa shape index (κ1) is 21.6. The predicted molar refractivity (Wildman–Crippen MR) is 121 cm³/mol. The molecular formula is C23H27N7O2. The van der Waals surface area contributed by atoms with Crippen LogP contribution in [0.15, 0.2) is 36.7 Å². The summed E-state index contributed by atoms with van der Waals surface area (Å²) >= 11 is 0. The largest absolute Gasteiger partial charge is 0.490 e. The van der Waals surface area contributed by atoms with Gasteiger partial charge in [0.25, 0.3) is 0 Å². The van der Waals surface area contributed by atoms with Crippen molar-refractivity contribution in [3.63, 3.8) is 0 Å². The smallest absolute Gasteiger partial charge is 0.158 e. The lowest BCUT2D eigenvalue weighted by molar-refractivity contribution is 0.147. The number of hydrogen-bond donors (Lipinski definition) is 3. The highest BCUT2D eigenvalue weighted by atomic mass is 16.5. The second-order valence-electron chi connectivity index (χ2n) is 8.14. The molecule has 0 amide bonds. The van der Waals surface area contributed by atoms with Gasteiger partial charge in [-0.1, -0.05) is 6.07 Å². The summed E-state index contributed by atoms with van der Waals surface area (Å²) in [5.41, 5.74) is 7.88. The first-order valence-corrected chi connectivity index (χ1v) is 10.8. The summed E-state index contributed by atoms with van der Waals surface area (Å²) < 4.78 is 12.5. The Morgan fingerprint density at radius 3 is 2.59 bits per heavy atom. The van der Waals surface area contributed by atoms with Crippen molar-refractivity contribution in [1.29, 1.82) is 5.26 Å². The highest BCUT2D eigenvalue weighted by Gasteiger charge is 2.23. The van der Waals surface area contributed by atoms with Crippen LogP contribution < -0.4 is 20.5 Å². The first-order chi connectivity index (χ1) is 15.5. The van der Waals surface area contributed by atoms with E-state index >= 15 is 0 Å². The van der Waals surface area contributed by atoms with Crippen molar-refractivity contribution in [3.05, 3.63) is 42.4 Å². The summed E-state index contributed by atoms with van der Waals surface area (Å²) in [5, 5.41) is 19.4. The van der Waals surface area contributed by atoms with E-state index in [1.165, 1.54) is 12.4 Å². The molecule has 9 heteroatoms. The number of nitrogens with two attached hydrogens (primary N) is 1. The number of aromatic nitrogens is 4. The van der Waals surface area contributed by atoms with Gasteiger partial charge < -0.3 is 20.5 Å². The molecule has 9 nitrogen and oxygen atoms in total. The maximum atomic E-state index is 8.87. The minimum Gasteiger partial charge on any atom is -0.490 e. The standard InChI is InChI=1S/C23H27N7O2/c1-14(2)31-19-4-3-5-20(32-17-8-6-15(25)7-9-17)23(19)18-10-21(30-29-18)28-22-13-26-16(11-24)12-27-22/h3-5,10,12-15,17H,6-9,25H2,1-2H3,(H2,27,28,29,30). The molecule has 4 rings (SSSR count). The Morgan fingerprint density at radius 2 is 1.91 bits per heavy atom. The second kappa shape index (κ2) is 9.66. The van der Waals surface area contributed by atoms with E-state index in [-0.39, 0.29) is 23.9 Å². The molecule has 4 N–H and O–H groups in total. The topological polar surface area (TPSA) is 135 Å². The lowest BCUT2D eigenvalue weighted by Gasteiger charge is -2.28. The zero-order valence-electron chi connectivity index (χ0n) is 18.2. The van der Waals surface area contributed by atoms with Gasteiger partial charge in [-0.05, 0) is 51.7 Å². The Labute approximate surface area is 187 Å². The van der Waals surface area contributed by atoms with Crippen molar-refractivity contribution in [3.8, 4) is 28.8 Å². The monoisotopic (exact) mass is 433 g/mol. The molecule has 1 aliphatic carbocycles. The van der Waals surface area contributed by atoms with Crippen LogP contribution in [0.4, 0.5) is 11.6 Å². The van der Waals surface area contributed by atoms with E-state index in [0.29, 0.717) is 11.6 Å². The van der Waals surface area contributed by atoms with Crippen molar-refractivity contribution in [2.45, 2.75) is 57.8 Å². The zero-order chi connectivity index (χ0) is 22.5. The van der Waals surface area contributed by atoms with Gasteiger partial charge in [-0.3, -0.25) is 5.10 Å². The molecule has 0 saturated heterocycles. The quantitative estimate of drug-likeness (QED) is 0.510. The average molecular weight is 434 g/mol. The molecule has 1 aliphatic rings. The van der Waals surface area contributed by atoms with E-state index in [0.717, 1.165) is 48.4 Å². The molecule has 166 valence electrons. The van der Waals surface area contributed by atoms with Gasteiger partial charge in [0, 0.05) is 12.1 Å². The van der Waals surface area contributed by atoms with E-state index in [1.807, 2.05) is 44.2 Å². The van der Waals surface area contributed by atoms with E-state index in [4.69, 9.17) is 20.5 Å². The molecule has 0 radical (unpaired) electrons. The summed E-state index contributed by atoms with van der Waals surface area (Å²) in [5.74, 6) is 2.52. The molecule has 0 unspecified atom stereocenters. The third kappa shape index (κ3) is 5.15. The maximum Gasteiger partial charge on any atom is 0.158 e. The molecule has 0 atom stereocenters. The summed E-state index contributed by atoms with van der Waals surface area (Å²) in [7, 11) is 0. The fourth-order valence-corrected chi connectivity index (χ4v) is 3.71. The maximum absolute atomic E-state index is 8.87. The normalized spacial score (nSPS) is 18.2. The fourth-order valence-electron chi connectivity index (χ4n) is 3.71. The van der Waals surface area contributed by atoms with E-state index in [1.54, 1.807) is 0 Å². The molecular weight excluding hydrogens is 406 g/mol. The van der Waals surface area contributed by atoms with Gasteiger partial charge in [0.2, 0.25) is 0 Å². The van der Waals surface area contributed by atoms with Crippen molar-refractivity contribution in [1.82, 2.24) is 20.2 Å². The minimum atomic E-state index is 0.00567. The number of H-pyrrole nitrogens is 1. The summed E-state index contributed by atoms with van der Waals surface area (Å²) in [6.45, 7) is 3.98. The highest BCUT2D eigenvalue weighted by Crippen LogP contribution is 2.40. The number of nitrogens with one attached hydrogen (secondary N) is 2.